The molecule has 0 saturated heterocycles. The summed E-state index contributed by atoms with van der Waals surface area (Å²) in [5, 5.41) is 6.95. The Labute approximate surface area is 90.3 Å². The number of nitrogens with zero attached hydrogens (tertiary/aromatic N) is 3. The molecule has 15 heavy (non-hydrogen) atoms. The van der Waals surface area contributed by atoms with Gasteiger partial charge in [-0.25, -0.2) is 9.78 Å². The molecule has 0 amide bonds. The van der Waals surface area contributed by atoms with Crippen LogP contribution in [0.5, 0.6) is 0 Å². The van der Waals surface area contributed by atoms with Gasteiger partial charge in [-0.1, -0.05) is 0 Å². The van der Waals surface area contributed by atoms with E-state index in [1.165, 1.54) is 11.8 Å². The summed E-state index contributed by atoms with van der Waals surface area (Å²) in [5.74, 6) is 0. The summed E-state index contributed by atoms with van der Waals surface area (Å²) in [7, 11) is 1.32. The second-order valence-electron chi connectivity index (χ2n) is 2.82. The number of rotatable bonds is 2. The molecule has 0 radical (unpaired) electrons. The van der Waals surface area contributed by atoms with E-state index in [0.29, 0.717) is 6.42 Å². The molecule has 2 aromatic heterocycles. The molecular formula is C9H9N3O2S. The number of ether oxygens (including phenoxy) is 1. The molecule has 0 fully saturated rings. The normalized spacial score (nSPS) is 10.2. The van der Waals surface area contributed by atoms with Gasteiger partial charge in [-0.2, -0.15) is 9.78 Å². The average molecular weight is 223 g/mol. The highest BCUT2D eigenvalue weighted by Gasteiger charge is 2.07. The lowest BCUT2D eigenvalue weighted by Crippen LogP contribution is -2.12. The molecule has 2 heterocycles. The molecular weight excluding hydrogens is 214 g/mol. The Kier molecular flexibility index (Phi) is 2.77. The fraction of sp³-hybridized carbons (Fsp3) is 0.222. The van der Waals surface area contributed by atoms with Gasteiger partial charge in [-0.3, -0.25) is 0 Å². The number of methoxy groups -OCH3 is 1. The largest absolute Gasteiger partial charge is 0.451 e. The van der Waals surface area contributed by atoms with Gasteiger partial charge in [0.25, 0.3) is 0 Å². The first-order chi connectivity index (χ1) is 7.29. The van der Waals surface area contributed by atoms with Crippen molar-refractivity contribution in [2.45, 2.75) is 6.42 Å². The lowest BCUT2D eigenvalue weighted by atomic mass is 10.3. The minimum absolute atomic E-state index is 0.486. The van der Waals surface area contributed by atoms with Crippen molar-refractivity contribution < 1.29 is 9.53 Å². The second-order valence-corrected chi connectivity index (χ2v) is 3.80. The van der Waals surface area contributed by atoms with Gasteiger partial charge in [0.1, 0.15) is 0 Å². The Balaban J connectivity index is 2.11. The molecule has 0 spiro atoms. The summed E-state index contributed by atoms with van der Waals surface area (Å²) in [6.45, 7) is 0. The minimum atomic E-state index is -0.486. The zero-order valence-corrected chi connectivity index (χ0v) is 8.90. The Morgan fingerprint density at radius 3 is 3.20 bits per heavy atom. The summed E-state index contributed by atoms with van der Waals surface area (Å²) in [4.78, 5) is 15.2. The third kappa shape index (κ3) is 2.21. The maximum atomic E-state index is 11.1. The smallest absolute Gasteiger partial charge is 0.434 e. The summed E-state index contributed by atoms with van der Waals surface area (Å²) < 4.78 is 5.70. The van der Waals surface area contributed by atoms with Crippen LogP contribution in [0.4, 0.5) is 4.79 Å². The van der Waals surface area contributed by atoms with Crippen molar-refractivity contribution in [2.75, 3.05) is 7.11 Å². The minimum Gasteiger partial charge on any atom is -0.451 e. The molecule has 78 valence electrons. The number of hydrogen-bond acceptors (Lipinski definition) is 5. The lowest BCUT2D eigenvalue weighted by Gasteiger charge is -1.96. The van der Waals surface area contributed by atoms with Crippen LogP contribution >= 0.6 is 11.3 Å². The van der Waals surface area contributed by atoms with Gasteiger partial charge in [0.2, 0.25) is 0 Å². The van der Waals surface area contributed by atoms with E-state index in [1.54, 1.807) is 29.8 Å². The Morgan fingerprint density at radius 2 is 2.53 bits per heavy atom. The van der Waals surface area contributed by atoms with Crippen molar-refractivity contribution in [1.29, 1.82) is 0 Å². The maximum Gasteiger partial charge on any atom is 0.434 e. The standard InChI is InChI=1S/C9H9N3O2S/c1-14-9(13)12-4-2-7(11-12)6-8-10-3-5-15-8/h2-5H,6H2,1H3. The van der Waals surface area contributed by atoms with Crippen LogP contribution in [0.25, 0.3) is 0 Å². The number of aromatic nitrogens is 3. The van der Waals surface area contributed by atoms with E-state index in [2.05, 4.69) is 14.8 Å². The molecule has 0 atom stereocenters. The predicted octanol–water partition coefficient (Wildman–Crippen LogP) is 1.54. The van der Waals surface area contributed by atoms with Crippen molar-refractivity contribution in [2.24, 2.45) is 0 Å². The van der Waals surface area contributed by atoms with E-state index in [1.807, 2.05) is 5.38 Å². The van der Waals surface area contributed by atoms with Gasteiger partial charge in [0.15, 0.2) is 0 Å². The first kappa shape index (κ1) is 9.85. The highest BCUT2D eigenvalue weighted by atomic mass is 32.1. The topological polar surface area (TPSA) is 57.0 Å². The summed E-state index contributed by atoms with van der Waals surface area (Å²) in [5.41, 5.74) is 0.801. The van der Waals surface area contributed by atoms with E-state index in [0.717, 1.165) is 10.7 Å². The van der Waals surface area contributed by atoms with Crippen molar-refractivity contribution in [3.8, 4) is 0 Å². The molecule has 6 heteroatoms. The van der Waals surface area contributed by atoms with Crippen molar-refractivity contribution in [3.63, 3.8) is 0 Å². The van der Waals surface area contributed by atoms with E-state index in [9.17, 15) is 4.79 Å². The van der Waals surface area contributed by atoms with Gasteiger partial charge in [0, 0.05) is 24.2 Å². The maximum absolute atomic E-state index is 11.1. The lowest BCUT2D eigenvalue weighted by molar-refractivity contribution is 0.169. The number of carbonyl (C=O) groups is 1. The van der Waals surface area contributed by atoms with E-state index in [-0.39, 0.29) is 0 Å². The molecule has 0 aromatic carbocycles. The molecule has 0 aliphatic carbocycles. The number of hydrogen-bond donors (Lipinski definition) is 0. The number of thiazole rings is 1. The van der Waals surface area contributed by atoms with Gasteiger partial charge in [0.05, 0.1) is 17.8 Å². The molecule has 2 rings (SSSR count). The monoisotopic (exact) mass is 223 g/mol. The first-order valence-corrected chi connectivity index (χ1v) is 5.19. The average Bonchev–Trinajstić information content (AvgIpc) is 2.88. The zero-order valence-electron chi connectivity index (χ0n) is 8.08. The molecule has 0 aliphatic heterocycles. The highest BCUT2D eigenvalue weighted by molar-refractivity contribution is 7.09. The number of carbonyl (C=O) groups excluding carboxylic acids is 1. The SMILES string of the molecule is COC(=O)n1ccc(Cc2nccs2)n1. The predicted molar refractivity (Wildman–Crippen MR) is 55.0 cm³/mol. The Hall–Kier alpha value is -1.69. The summed E-state index contributed by atoms with van der Waals surface area (Å²) in [6, 6.07) is 1.78. The van der Waals surface area contributed by atoms with Crippen molar-refractivity contribution >= 4 is 17.4 Å². The highest BCUT2D eigenvalue weighted by Crippen LogP contribution is 2.09. The van der Waals surface area contributed by atoms with Gasteiger partial charge >= 0.3 is 6.09 Å². The summed E-state index contributed by atoms with van der Waals surface area (Å²) in [6.07, 6.45) is 3.48. The van der Waals surface area contributed by atoms with Gasteiger partial charge in [-0.05, 0) is 6.07 Å². The second kappa shape index (κ2) is 4.22. The van der Waals surface area contributed by atoms with Gasteiger partial charge < -0.3 is 4.74 Å². The third-order valence-electron chi connectivity index (χ3n) is 1.82. The fourth-order valence-electron chi connectivity index (χ4n) is 1.15. The molecule has 0 bridgehead atoms. The van der Waals surface area contributed by atoms with Crippen LogP contribution in [0, 0.1) is 0 Å². The van der Waals surface area contributed by atoms with Gasteiger partial charge in [-0.15, -0.1) is 11.3 Å². The fourth-order valence-corrected chi connectivity index (χ4v) is 1.78. The molecule has 2 aromatic rings. The van der Waals surface area contributed by atoms with Crippen LogP contribution in [-0.2, 0) is 11.2 Å². The quantitative estimate of drug-likeness (QED) is 0.775. The van der Waals surface area contributed by atoms with Crippen LogP contribution in [0.1, 0.15) is 10.7 Å². The van der Waals surface area contributed by atoms with E-state index in [4.69, 9.17) is 0 Å². The van der Waals surface area contributed by atoms with Crippen LogP contribution in [0.3, 0.4) is 0 Å². The van der Waals surface area contributed by atoms with Crippen molar-refractivity contribution in [1.82, 2.24) is 14.8 Å². The molecule has 0 N–H and O–H groups in total. The van der Waals surface area contributed by atoms with E-state index < -0.39 is 6.09 Å². The van der Waals surface area contributed by atoms with Crippen molar-refractivity contribution in [3.05, 3.63) is 34.5 Å². The van der Waals surface area contributed by atoms with Crippen LogP contribution in [-0.4, -0.2) is 28.0 Å². The van der Waals surface area contributed by atoms with Crippen LogP contribution < -0.4 is 0 Å². The Morgan fingerprint density at radius 1 is 1.67 bits per heavy atom. The first-order valence-electron chi connectivity index (χ1n) is 4.31. The molecule has 5 nitrogen and oxygen atoms in total. The van der Waals surface area contributed by atoms with Crippen LogP contribution in [0.15, 0.2) is 23.8 Å². The third-order valence-corrected chi connectivity index (χ3v) is 2.60. The molecule has 0 saturated carbocycles. The van der Waals surface area contributed by atoms with Crippen LogP contribution in [0.2, 0.25) is 0 Å². The summed E-state index contributed by atoms with van der Waals surface area (Å²) >= 11 is 1.56. The molecule has 0 unspecified atom stereocenters. The zero-order chi connectivity index (χ0) is 10.7. The van der Waals surface area contributed by atoms with E-state index >= 15 is 0 Å². The Bertz CT molecular complexity index is 450. The molecule has 0 aliphatic rings.